The third kappa shape index (κ3) is 1.89. The molecular weight excluding hydrogens is 363 g/mol. The Morgan fingerprint density at radius 3 is 2.36 bits per heavy atom. The number of nitriles is 2. The third-order valence-electron chi connectivity index (χ3n) is 4.99. The van der Waals surface area contributed by atoms with Crippen molar-refractivity contribution in [3.63, 3.8) is 0 Å². The zero-order valence-corrected chi connectivity index (χ0v) is 15.3. The van der Waals surface area contributed by atoms with Crippen LogP contribution >= 0.6 is 23.2 Å². The van der Waals surface area contributed by atoms with Gasteiger partial charge in [-0.05, 0) is 25.5 Å². The number of benzene rings is 1. The normalized spacial score (nSPS) is 31.6. The number of ether oxygens (including phenoxy) is 2. The average Bonchev–Trinajstić information content (AvgIpc) is 3.16. The molecule has 25 heavy (non-hydrogen) atoms. The van der Waals surface area contributed by atoms with E-state index in [2.05, 4.69) is 17.1 Å². The lowest BCUT2D eigenvalue weighted by Gasteiger charge is -2.29. The summed E-state index contributed by atoms with van der Waals surface area (Å²) in [5.74, 6) is -2.01. The van der Waals surface area contributed by atoms with E-state index >= 15 is 0 Å². The minimum absolute atomic E-state index is 0.138. The zero-order valence-electron chi connectivity index (χ0n) is 13.8. The molecule has 0 saturated heterocycles. The number of amidine groups is 1. The molecule has 1 aromatic rings. The Labute approximate surface area is 155 Å². The molecule has 3 atom stereocenters. The van der Waals surface area contributed by atoms with E-state index in [1.165, 1.54) is 0 Å². The molecular formula is C17H17Cl2N4O2+. The van der Waals surface area contributed by atoms with E-state index in [0.29, 0.717) is 15.6 Å². The van der Waals surface area contributed by atoms with Crippen molar-refractivity contribution >= 4 is 29.0 Å². The highest BCUT2D eigenvalue weighted by Gasteiger charge is 2.97. The lowest BCUT2D eigenvalue weighted by atomic mass is 9.93. The predicted molar refractivity (Wildman–Crippen MR) is 91.4 cm³/mol. The first-order valence-corrected chi connectivity index (χ1v) is 8.63. The fourth-order valence-corrected chi connectivity index (χ4v) is 4.48. The fraction of sp³-hybridized carbons (Fsp3) is 0.471. The molecule has 1 fully saturated rings. The summed E-state index contributed by atoms with van der Waals surface area (Å²) in [6.07, 6.45) is 0. The van der Waals surface area contributed by atoms with Gasteiger partial charge in [0, 0.05) is 5.92 Å². The Bertz CT molecular complexity index is 838. The van der Waals surface area contributed by atoms with E-state index in [-0.39, 0.29) is 19.0 Å². The highest BCUT2D eigenvalue weighted by Crippen LogP contribution is 2.79. The van der Waals surface area contributed by atoms with Crippen LogP contribution in [0.1, 0.15) is 25.3 Å². The minimum atomic E-state index is -1.53. The van der Waals surface area contributed by atoms with Crippen LogP contribution in [0.4, 0.5) is 0 Å². The van der Waals surface area contributed by atoms with Gasteiger partial charge in [0.2, 0.25) is 0 Å². The molecule has 2 aliphatic rings. The highest BCUT2D eigenvalue weighted by atomic mass is 35.5. The van der Waals surface area contributed by atoms with Crippen LogP contribution in [0.3, 0.4) is 0 Å². The molecule has 0 radical (unpaired) electrons. The van der Waals surface area contributed by atoms with Crippen molar-refractivity contribution in [2.75, 3.05) is 13.2 Å². The van der Waals surface area contributed by atoms with Gasteiger partial charge in [-0.1, -0.05) is 35.3 Å². The van der Waals surface area contributed by atoms with Crippen molar-refractivity contribution in [2.24, 2.45) is 16.6 Å². The van der Waals surface area contributed by atoms with Gasteiger partial charge in [-0.25, -0.2) is 4.99 Å². The Hall–Kier alpha value is -1.83. The maximum Gasteiger partial charge on any atom is 0.343 e. The van der Waals surface area contributed by atoms with E-state index in [0.717, 1.165) is 0 Å². The molecule has 8 heteroatoms. The topological polar surface area (TPSA) is 106 Å². The van der Waals surface area contributed by atoms with Crippen molar-refractivity contribution < 1.29 is 14.5 Å². The molecule has 1 aromatic carbocycles. The molecule has 1 aliphatic heterocycles. The summed E-state index contributed by atoms with van der Waals surface area (Å²) in [4.78, 5) is 2.91. The number of halogens is 2. The largest absolute Gasteiger partial charge is 0.343 e. The molecule has 0 bridgehead atoms. The zero-order chi connectivity index (χ0) is 18.5. The monoisotopic (exact) mass is 379 g/mol. The molecule has 0 amide bonds. The van der Waals surface area contributed by atoms with Crippen molar-refractivity contribution in [2.45, 2.75) is 25.7 Å². The molecule has 1 heterocycles. The lowest BCUT2D eigenvalue weighted by Crippen LogP contribution is -2.91. The van der Waals surface area contributed by atoms with Gasteiger partial charge < -0.3 is 9.47 Å². The van der Waals surface area contributed by atoms with Gasteiger partial charge in [0.25, 0.3) is 5.84 Å². The Balaban J connectivity index is 2.27. The first-order chi connectivity index (χ1) is 11.9. The summed E-state index contributed by atoms with van der Waals surface area (Å²) in [5, 5.41) is 20.7. The number of hydrogen-bond donors (Lipinski definition) is 2. The van der Waals surface area contributed by atoms with Crippen LogP contribution in [0, 0.1) is 33.5 Å². The van der Waals surface area contributed by atoms with Crippen molar-refractivity contribution in [1.82, 2.24) is 0 Å². The number of rotatable bonds is 5. The second kappa shape index (κ2) is 5.86. The predicted octanol–water partition coefficient (Wildman–Crippen LogP) is 1.29. The number of nitrogens with two attached hydrogens (primary N) is 1. The van der Waals surface area contributed by atoms with Crippen LogP contribution in [0.5, 0.6) is 0 Å². The Morgan fingerprint density at radius 2 is 1.84 bits per heavy atom. The third-order valence-corrected chi connectivity index (χ3v) is 5.82. The van der Waals surface area contributed by atoms with Gasteiger partial charge in [0.1, 0.15) is 0 Å². The van der Waals surface area contributed by atoms with Gasteiger partial charge in [-0.15, -0.1) is 0 Å². The Kier molecular flexibility index (Phi) is 4.21. The van der Waals surface area contributed by atoms with Crippen LogP contribution in [-0.4, -0.2) is 25.0 Å². The number of nitrogens with zero attached hydrogens (tertiary/aromatic N) is 2. The molecule has 1 saturated carbocycles. The molecule has 1 aliphatic carbocycles. The van der Waals surface area contributed by atoms with Crippen molar-refractivity contribution in [1.29, 1.82) is 10.5 Å². The minimum Gasteiger partial charge on any atom is -0.314 e. The van der Waals surface area contributed by atoms with Gasteiger partial charge in [-0.3, -0.25) is 5.73 Å². The second-order valence-electron chi connectivity index (χ2n) is 5.94. The van der Waals surface area contributed by atoms with Gasteiger partial charge >= 0.3 is 5.91 Å². The number of hydrogen-bond acceptors (Lipinski definition) is 5. The number of fused-ring (bicyclic) bond motifs is 1. The van der Waals surface area contributed by atoms with Crippen LogP contribution in [0.15, 0.2) is 18.2 Å². The first-order valence-electron chi connectivity index (χ1n) is 7.87. The summed E-state index contributed by atoms with van der Waals surface area (Å²) >= 11 is 12.5. The molecule has 3 rings (SSSR count). The van der Waals surface area contributed by atoms with E-state index in [1.54, 1.807) is 32.0 Å². The Morgan fingerprint density at radius 1 is 1.20 bits per heavy atom. The molecule has 0 spiro atoms. The highest BCUT2D eigenvalue weighted by molar-refractivity contribution is 6.42. The molecule has 130 valence electrons. The first kappa shape index (κ1) is 18.0. The summed E-state index contributed by atoms with van der Waals surface area (Å²) in [7, 11) is 0. The summed E-state index contributed by atoms with van der Waals surface area (Å²) < 4.78 is 11.6. The van der Waals surface area contributed by atoms with Crippen molar-refractivity contribution in [3.05, 3.63) is 33.8 Å². The van der Waals surface area contributed by atoms with Crippen LogP contribution in [0.25, 0.3) is 0 Å². The maximum atomic E-state index is 10.1. The lowest BCUT2D eigenvalue weighted by molar-refractivity contribution is -0.693. The van der Waals surface area contributed by atoms with Crippen molar-refractivity contribution in [3.8, 4) is 12.1 Å². The fourth-order valence-electron chi connectivity index (χ4n) is 4.06. The van der Waals surface area contributed by atoms with Crippen LogP contribution in [-0.2, 0) is 9.47 Å². The molecule has 0 aromatic heterocycles. The molecule has 6 nitrogen and oxygen atoms in total. The second-order valence-corrected chi connectivity index (χ2v) is 6.72. The average molecular weight is 380 g/mol. The molecule has 3 N–H and O–H groups in total. The summed E-state index contributed by atoms with van der Waals surface area (Å²) in [6.45, 7) is 4.09. The SMILES string of the molecule is CCOC1(OCC)[NH+]=C(N)[C@@]2(C#N)[C@H](c3cccc(Cl)c3Cl)[C@@]12C#N. The summed E-state index contributed by atoms with van der Waals surface area (Å²) in [6, 6.07) is 9.58. The van der Waals surface area contributed by atoms with Gasteiger partial charge in [0.15, 0.2) is 10.8 Å². The smallest absolute Gasteiger partial charge is 0.314 e. The van der Waals surface area contributed by atoms with E-state index < -0.39 is 22.7 Å². The number of nitrogens with one attached hydrogen (secondary N) is 1. The van der Waals surface area contributed by atoms with Gasteiger partial charge in [0.05, 0.1) is 35.4 Å². The maximum absolute atomic E-state index is 10.1. The van der Waals surface area contributed by atoms with E-state index in [9.17, 15) is 10.5 Å². The van der Waals surface area contributed by atoms with E-state index in [4.69, 9.17) is 38.4 Å². The summed E-state index contributed by atoms with van der Waals surface area (Å²) in [5.41, 5.74) is 4.05. The standard InChI is InChI=1S/C17H16Cl2N4O2/c1-3-24-17(25-4-2)16(9-21)13(15(16,8-20)14(22)23-17)10-6-5-7-11(18)12(10)19/h5-7,13H,3-4H2,1-2H3,(H2,22,23)/p+1/t13-,15+,16+/m0/s1. The van der Waals surface area contributed by atoms with Crippen LogP contribution in [0.2, 0.25) is 10.0 Å². The van der Waals surface area contributed by atoms with E-state index in [1.807, 2.05) is 0 Å². The quantitative estimate of drug-likeness (QED) is 0.749. The van der Waals surface area contributed by atoms with Crippen LogP contribution < -0.4 is 10.7 Å². The van der Waals surface area contributed by atoms with Gasteiger partial charge in [-0.2, -0.15) is 10.5 Å². The molecule has 0 unspecified atom stereocenters.